The van der Waals surface area contributed by atoms with Gasteiger partial charge in [-0.1, -0.05) is 25.3 Å². The Morgan fingerprint density at radius 1 is 1.11 bits per heavy atom. The highest BCUT2D eigenvalue weighted by Gasteiger charge is 2.28. The van der Waals surface area contributed by atoms with Crippen molar-refractivity contribution in [2.75, 3.05) is 25.5 Å². The highest BCUT2D eigenvalue weighted by molar-refractivity contribution is 6.25. The maximum Gasteiger partial charge on any atom is 0.335 e. The molecule has 204 valence electrons. The SMILES string of the molecule is CNc1cc(F)cc2c1CC(=O)C(C(=O)Cc1ccc(C(=O)O)cc1CN(CCO)C1CCCCC1)=C2.Cl. The fourth-order valence-electron chi connectivity index (χ4n) is 5.47. The minimum atomic E-state index is -1.06. The number of hydrogen-bond donors (Lipinski definition) is 3. The number of rotatable bonds is 10. The molecule has 0 bridgehead atoms. The monoisotopic (exact) mass is 544 g/mol. The molecule has 0 aliphatic heterocycles. The van der Waals surface area contributed by atoms with Gasteiger partial charge in [-0.15, -0.1) is 12.4 Å². The van der Waals surface area contributed by atoms with Crippen LogP contribution >= 0.6 is 12.4 Å². The molecule has 2 aliphatic rings. The number of ketones is 2. The van der Waals surface area contributed by atoms with Gasteiger partial charge >= 0.3 is 5.97 Å². The van der Waals surface area contributed by atoms with E-state index < -0.39 is 11.8 Å². The second-order valence-corrected chi connectivity index (χ2v) is 9.80. The van der Waals surface area contributed by atoms with Crippen molar-refractivity contribution in [3.63, 3.8) is 0 Å². The van der Waals surface area contributed by atoms with E-state index in [2.05, 4.69) is 10.2 Å². The summed E-state index contributed by atoms with van der Waals surface area (Å²) in [5, 5.41) is 22.1. The van der Waals surface area contributed by atoms with Gasteiger partial charge in [-0.3, -0.25) is 14.5 Å². The lowest BCUT2D eigenvalue weighted by Crippen LogP contribution is -2.38. The predicted octanol–water partition coefficient (Wildman–Crippen LogP) is 4.43. The van der Waals surface area contributed by atoms with E-state index in [-0.39, 0.29) is 60.6 Å². The number of hydrogen-bond acceptors (Lipinski definition) is 6. The standard InChI is InChI=1S/C29H33FN2O5.ClH/c1-31-26-15-22(30)12-20-13-25(28(35)16-24(20)26)27(34)14-18-7-8-19(29(36)37)11-21(18)17-32(9-10-33)23-5-3-2-4-6-23;/h7-8,11-13,15,23,31,33H,2-6,9-10,14,16-17H2,1H3,(H,36,37);1H. The minimum Gasteiger partial charge on any atom is -0.478 e. The zero-order chi connectivity index (χ0) is 26.5. The predicted molar refractivity (Wildman–Crippen MR) is 146 cm³/mol. The van der Waals surface area contributed by atoms with Crippen molar-refractivity contribution in [2.45, 2.75) is 57.5 Å². The van der Waals surface area contributed by atoms with E-state index in [1.807, 2.05) is 0 Å². The Balaban J connectivity index is 0.00000400. The van der Waals surface area contributed by atoms with Gasteiger partial charge in [0.05, 0.1) is 17.7 Å². The maximum atomic E-state index is 14.1. The van der Waals surface area contributed by atoms with Gasteiger partial charge in [0, 0.05) is 44.7 Å². The topological polar surface area (TPSA) is 107 Å². The average Bonchev–Trinajstić information content (AvgIpc) is 2.89. The van der Waals surface area contributed by atoms with Crippen LogP contribution in [0.1, 0.15) is 64.7 Å². The third-order valence-corrected chi connectivity index (χ3v) is 7.41. The van der Waals surface area contributed by atoms with Crippen LogP contribution in [0.3, 0.4) is 0 Å². The molecule has 2 aromatic carbocycles. The van der Waals surface area contributed by atoms with E-state index in [0.717, 1.165) is 25.7 Å². The Labute approximate surface area is 228 Å². The van der Waals surface area contributed by atoms with Crippen LogP contribution in [0.15, 0.2) is 35.9 Å². The Hall–Kier alpha value is -3.07. The number of allylic oxidation sites excluding steroid dienone is 1. The largest absolute Gasteiger partial charge is 0.478 e. The molecular weight excluding hydrogens is 511 g/mol. The first kappa shape index (κ1) is 29.5. The molecule has 3 N–H and O–H groups in total. The van der Waals surface area contributed by atoms with Crippen molar-refractivity contribution in [3.8, 4) is 0 Å². The summed E-state index contributed by atoms with van der Waals surface area (Å²) in [6.07, 6.45) is 6.82. The van der Waals surface area contributed by atoms with E-state index >= 15 is 0 Å². The number of fused-ring (bicyclic) bond motifs is 1. The summed E-state index contributed by atoms with van der Waals surface area (Å²) in [5.41, 5.74) is 3.15. The number of nitrogens with one attached hydrogen (secondary N) is 1. The number of anilines is 1. The number of carbonyl (C=O) groups excluding carboxylic acids is 2. The molecule has 0 spiro atoms. The number of Topliss-reactive ketones (excluding diaryl/α,β-unsaturated/α-hetero) is 2. The smallest absolute Gasteiger partial charge is 0.335 e. The number of nitrogens with zero attached hydrogens (tertiary/aromatic N) is 1. The Bertz CT molecular complexity index is 1240. The quantitative estimate of drug-likeness (QED) is 0.380. The number of aromatic carboxylic acids is 1. The van der Waals surface area contributed by atoms with E-state index in [0.29, 0.717) is 41.0 Å². The molecule has 0 atom stereocenters. The molecule has 2 aromatic rings. The number of aliphatic hydroxyl groups is 1. The number of aliphatic hydroxyl groups excluding tert-OH is 1. The summed E-state index contributed by atoms with van der Waals surface area (Å²) in [7, 11) is 1.65. The molecule has 9 heteroatoms. The molecule has 0 saturated heterocycles. The first-order chi connectivity index (χ1) is 17.8. The van der Waals surface area contributed by atoms with Crippen LogP contribution in [-0.2, 0) is 29.0 Å². The van der Waals surface area contributed by atoms with Crippen LogP contribution in [-0.4, -0.2) is 58.9 Å². The average molecular weight is 545 g/mol. The summed E-state index contributed by atoms with van der Waals surface area (Å²) < 4.78 is 14.1. The number of halogens is 2. The molecule has 0 heterocycles. The van der Waals surface area contributed by atoms with Crippen molar-refractivity contribution in [3.05, 3.63) is 69.5 Å². The lowest BCUT2D eigenvalue weighted by molar-refractivity contribution is -0.120. The lowest BCUT2D eigenvalue weighted by Gasteiger charge is -2.34. The maximum absolute atomic E-state index is 14.1. The molecule has 7 nitrogen and oxygen atoms in total. The molecule has 0 amide bonds. The molecule has 0 aromatic heterocycles. The zero-order valence-electron chi connectivity index (χ0n) is 21.5. The van der Waals surface area contributed by atoms with Gasteiger partial charge in [-0.05, 0) is 65.4 Å². The van der Waals surface area contributed by atoms with Crippen molar-refractivity contribution < 1.29 is 29.0 Å². The van der Waals surface area contributed by atoms with Crippen LogP contribution in [0, 0.1) is 5.82 Å². The van der Waals surface area contributed by atoms with E-state index in [4.69, 9.17) is 0 Å². The van der Waals surface area contributed by atoms with Gasteiger partial charge in [-0.2, -0.15) is 0 Å². The highest BCUT2D eigenvalue weighted by Crippen LogP contribution is 2.31. The summed E-state index contributed by atoms with van der Waals surface area (Å²) in [5.74, 6) is -2.23. The molecule has 1 fully saturated rings. The normalized spacial score (nSPS) is 15.5. The Kier molecular flexibility index (Phi) is 10.2. The van der Waals surface area contributed by atoms with Crippen LogP contribution in [0.4, 0.5) is 10.1 Å². The van der Waals surface area contributed by atoms with E-state index in [9.17, 15) is 29.0 Å². The summed E-state index contributed by atoms with van der Waals surface area (Å²) in [4.78, 5) is 40.1. The minimum absolute atomic E-state index is 0. The lowest BCUT2D eigenvalue weighted by atomic mass is 9.86. The fraction of sp³-hybridized carbons (Fsp3) is 0.414. The molecular formula is C29H34ClFN2O5. The number of benzene rings is 2. The zero-order valence-corrected chi connectivity index (χ0v) is 22.3. The second-order valence-electron chi connectivity index (χ2n) is 9.80. The number of carbonyl (C=O) groups is 3. The van der Waals surface area contributed by atoms with E-state index in [1.165, 1.54) is 30.7 Å². The summed E-state index contributed by atoms with van der Waals surface area (Å²) in [6, 6.07) is 7.61. The molecule has 1 saturated carbocycles. The second kappa shape index (κ2) is 13.1. The Morgan fingerprint density at radius 3 is 2.50 bits per heavy atom. The van der Waals surface area contributed by atoms with Crippen molar-refractivity contribution >= 4 is 41.7 Å². The van der Waals surface area contributed by atoms with Crippen molar-refractivity contribution in [1.29, 1.82) is 0 Å². The summed E-state index contributed by atoms with van der Waals surface area (Å²) in [6.45, 7) is 0.839. The fourth-order valence-corrected chi connectivity index (χ4v) is 5.47. The number of carboxylic acid groups (broad SMARTS) is 1. The molecule has 2 aliphatic carbocycles. The summed E-state index contributed by atoms with van der Waals surface area (Å²) >= 11 is 0. The van der Waals surface area contributed by atoms with Crippen LogP contribution in [0.2, 0.25) is 0 Å². The van der Waals surface area contributed by atoms with Gasteiger partial charge in [0.15, 0.2) is 11.6 Å². The highest BCUT2D eigenvalue weighted by atomic mass is 35.5. The van der Waals surface area contributed by atoms with Gasteiger partial charge in [0.1, 0.15) is 5.82 Å². The van der Waals surface area contributed by atoms with Gasteiger partial charge < -0.3 is 15.5 Å². The molecule has 38 heavy (non-hydrogen) atoms. The van der Waals surface area contributed by atoms with Gasteiger partial charge in [-0.25, -0.2) is 9.18 Å². The first-order valence-corrected chi connectivity index (χ1v) is 12.8. The van der Waals surface area contributed by atoms with Crippen LogP contribution < -0.4 is 5.32 Å². The van der Waals surface area contributed by atoms with Crippen molar-refractivity contribution in [1.82, 2.24) is 4.90 Å². The van der Waals surface area contributed by atoms with Gasteiger partial charge in [0.2, 0.25) is 0 Å². The molecule has 4 rings (SSSR count). The van der Waals surface area contributed by atoms with Crippen molar-refractivity contribution in [2.24, 2.45) is 0 Å². The Morgan fingerprint density at radius 2 is 1.84 bits per heavy atom. The number of carboxylic acids is 1. The van der Waals surface area contributed by atoms with Gasteiger partial charge in [0.25, 0.3) is 0 Å². The van der Waals surface area contributed by atoms with E-state index in [1.54, 1.807) is 19.2 Å². The van der Waals surface area contributed by atoms with Crippen LogP contribution in [0.25, 0.3) is 6.08 Å². The molecule has 0 unspecified atom stereocenters. The third-order valence-electron chi connectivity index (χ3n) is 7.41. The van der Waals surface area contributed by atoms with Crippen LogP contribution in [0.5, 0.6) is 0 Å². The first-order valence-electron chi connectivity index (χ1n) is 12.8. The third kappa shape index (κ3) is 6.67. The molecule has 0 radical (unpaired) electrons.